The highest BCUT2D eigenvalue weighted by Crippen LogP contribution is 2.33. The number of nitrogens with one attached hydrogen (secondary N) is 2. The molecular formula is C20H20N4O3S. The zero-order valence-electron chi connectivity index (χ0n) is 15.6. The Morgan fingerprint density at radius 1 is 1.14 bits per heavy atom. The summed E-state index contributed by atoms with van der Waals surface area (Å²) in [6.45, 7) is 4.89. The molecule has 4 rings (SSSR count). The monoisotopic (exact) mass is 396 g/mol. The molecule has 1 atom stereocenters. The highest BCUT2D eigenvalue weighted by molar-refractivity contribution is 8.00. The van der Waals surface area contributed by atoms with Crippen molar-refractivity contribution in [1.29, 1.82) is 0 Å². The Hall–Kier alpha value is -3.00. The second-order valence-electron chi connectivity index (χ2n) is 6.44. The van der Waals surface area contributed by atoms with E-state index in [1.165, 1.54) is 17.3 Å². The van der Waals surface area contributed by atoms with Crippen molar-refractivity contribution in [3.05, 3.63) is 48.0 Å². The molecule has 2 N–H and O–H groups in total. The maximum atomic E-state index is 12.5. The van der Waals surface area contributed by atoms with E-state index < -0.39 is 0 Å². The number of fused-ring (bicyclic) bond motifs is 1. The van der Waals surface area contributed by atoms with Crippen LogP contribution in [0.1, 0.15) is 12.5 Å². The summed E-state index contributed by atoms with van der Waals surface area (Å²) < 4.78 is 11.0. The molecule has 0 radical (unpaired) electrons. The summed E-state index contributed by atoms with van der Waals surface area (Å²) >= 11 is 1.30. The van der Waals surface area contributed by atoms with E-state index in [0.29, 0.717) is 41.4 Å². The molecule has 0 aliphatic carbocycles. The smallest absolute Gasteiger partial charge is 0.237 e. The Kier molecular flexibility index (Phi) is 5.21. The number of aromatic amines is 1. The van der Waals surface area contributed by atoms with Crippen LogP contribution in [0, 0.1) is 6.92 Å². The molecule has 1 aromatic heterocycles. The molecule has 0 unspecified atom stereocenters. The predicted octanol–water partition coefficient (Wildman–Crippen LogP) is 3.67. The number of benzene rings is 2. The van der Waals surface area contributed by atoms with Crippen molar-refractivity contribution < 1.29 is 14.3 Å². The molecule has 0 saturated heterocycles. The van der Waals surface area contributed by atoms with E-state index in [0.717, 1.165) is 5.56 Å². The number of carbonyl (C=O) groups excluding carboxylic acids is 1. The fourth-order valence-electron chi connectivity index (χ4n) is 2.72. The van der Waals surface area contributed by atoms with Crippen molar-refractivity contribution in [2.75, 3.05) is 18.5 Å². The van der Waals surface area contributed by atoms with Crippen LogP contribution in [-0.2, 0) is 4.79 Å². The summed E-state index contributed by atoms with van der Waals surface area (Å²) in [7, 11) is 0. The van der Waals surface area contributed by atoms with E-state index in [1.54, 1.807) is 18.2 Å². The van der Waals surface area contributed by atoms with Crippen molar-refractivity contribution in [3.8, 4) is 22.9 Å². The van der Waals surface area contributed by atoms with Gasteiger partial charge in [-0.3, -0.25) is 9.89 Å². The lowest BCUT2D eigenvalue weighted by atomic mass is 10.1. The van der Waals surface area contributed by atoms with Crippen LogP contribution in [-0.4, -0.2) is 39.6 Å². The van der Waals surface area contributed by atoms with Gasteiger partial charge in [-0.1, -0.05) is 41.6 Å². The van der Waals surface area contributed by atoms with Crippen LogP contribution >= 0.6 is 11.8 Å². The SMILES string of the molecule is Cc1ccc(-c2nc(S[C@H](C)C(=O)Nc3ccc4c(c3)OCCO4)n[nH]2)cc1. The van der Waals surface area contributed by atoms with Crippen LogP contribution in [0.15, 0.2) is 47.6 Å². The maximum absolute atomic E-state index is 12.5. The number of thioether (sulfide) groups is 1. The van der Waals surface area contributed by atoms with Gasteiger partial charge < -0.3 is 14.8 Å². The molecule has 1 aliphatic rings. The summed E-state index contributed by atoms with van der Waals surface area (Å²) in [6.07, 6.45) is 0. The maximum Gasteiger partial charge on any atom is 0.237 e. The molecule has 3 aromatic rings. The number of hydrogen-bond donors (Lipinski definition) is 2. The van der Waals surface area contributed by atoms with Gasteiger partial charge in [-0.25, -0.2) is 4.98 Å². The number of anilines is 1. The van der Waals surface area contributed by atoms with E-state index >= 15 is 0 Å². The van der Waals surface area contributed by atoms with Crippen molar-refractivity contribution >= 4 is 23.4 Å². The second-order valence-corrected chi connectivity index (χ2v) is 7.75. The van der Waals surface area contributed by atoms with Crippen LogP contribution in [0.5, 0.6) is 11.5 Å². The number of H-pyrrole nitrogens is 1. The van der Waals surface area contributed by atoms with Gasteiger partial charge >= 0.3 is 0 Å². The van der Waals surface area contributed by atoms with E-state index in [9.17, 15) is 4.79 Å². The zero-order chi connectivity index (χ0) is 19.5. The number of ether oxygens (including phenoxy) is 2. The molecule has 8 heteroatoms. The molecule has 1 amide bonds. The van der Waals surface area contributed by atoms with Crippen LogP contribution in [0.4, 0.5) is 5.69 Å². The Morgan fingerprint density at radius 3 is 2.68 bits per heavy atom. The topological polar surface area (TPSA) is 89.1 Å². The molecule has 0 bridgehead atoms. The number of hydrogen-bond acceptors (Lipinski definition) is 6. The molecule has 2 heterocycles. The van der Waals surface area contributed by atoms with Gasteiger partial charge in [0.1, 0.15) is 13.2 Å². The van der Waals surface area contributed by atoms with Crippen LogP contribution in [0.2, 0.25) is 0 Å². The Morgan fingerprint density at radius 2 is 1.89 bits per heavy atom. The van der Waals surface area contributed by atoms with Gasteiger partial charge in [-0.05, 0) is 26.0 Å². The molecule has 7 nitrogen and oxygen atoms in total. The normalized spacial score (nSPS) is 13.8. The Labute approximate surface area is 166 Å². The lowest BCUT2D eigenvalue weighted by Gasteiger charge is -2.19. The minimum atomic E-state index is -0.366. The number of aromatic nitrogens is 3. The summed E-state index contributed by atoms with van der Waals surface area (Å²) in [5.41, 5.74) is 2.80. The number of aryl methyl sites for hydroxylation is 1. The summed E-state index contributed by atoms with van der Waals surface area (Å²) in [5, 5.41) is 10.2. The highest BCUT2D eigenvalue weighted by Gasteiger charge is 2.19. The first-order chi connectivity index (χ1) is 13.6. The number of carbonyl (C=O) groups is 1. The molecule has 2 aromatic carbocycles. The third-order valence-electron chi connectivity index (χ3n) is 4.25. The minimum Gasteiger partial charge on any atom is -0.486 e. The van der Waals surface area contributed by atoms with Crippen LogP contribution in [0.3, 0.4) is 0 Å². The zero-order valence-corrected chi connectivity index (χ0v) is 16.4. The summed E-state index contributed by atoms with van der Waals surface area (Å²) in [5.74, 6) is 1.88. The average Bonchev–Trinajstić information content (AvgIpc) is 3.17. The average molecular weight is 396 g/mol. The van der Waals surface area contributed by atoms with E-state index in [4.69, 9.17) is 9.47 Å². The molecule has 0 fully saturated rings. The Bertz CT molecular complexity index is 987. The fraction of sp³-hybridized carbons (Fsp3) is 0.250. The summed E-state index contributed by atoms with van der Waals surface area (Å²) in [4.78, 5) is 17.0. The molecular weight excluding hydrogens is 376 g/mol. The van der Waals surface area contributed by atoms with Gasteiger partial charge in [-0.2, -0.15) is 0 Å². The highest BCUT2D eigenvalue weighted by atomic mass is 32.2. The van der Waals surface area contributed by atoms with E-state index in [2.05, 4.69) is 20.5 Å². The second kappa shape index (κ2) is 7.93. The Balaban J connectivity index is 1.39. The van der Waals surface area contributed by atoms with Gasteiger partial charge in [0, 0.05) is 17.3 Å². The van der Waals surface area contributed by atoms with Gasteiger partial charge in [0.05, 0.1) is 5.25 Å². The number of amides is 1. The number of nitrogens with zero attached hydrogens (tertiary/aromatic N) is 2. The third kappa shape index (κ3) is 4.12. The van der Waals surface area contributed by atoms with Crippen LogP contribution in [0.25, 0.3) is 11.4 Å². The molecule has 28 heavy (non-hydrogen) atoms. The lowest BCUT2D eigenvalue weighted by Crippen LogP contribution is -2.23. The van der Waals surface area contributed by atoms with Gasteiger partial charge in [-0.15, -0.1) is 5.10 Å². The van der Waals surface area contributed by atoms with Crippen molar-refractivity contribution in [1.82, 2.24) is 15.2 Å². The molecule has 1 aliphatic heterocycles. The first-order valence-electron chi connectivity index (χ1n) is 8.95. The van der Waals surface area contributed by atoms with Gasteiger partial charge in [0.15, 0.2) is 17.3 Å². The predicted molar refractivity (Wildman–Crippen MR) is 108 cm³/mol. The first kappa shape index (κ1) is 18.4. The molecule has 0 saturated carbocycles. The summed E-state index contributed by atoms with van der Waals surface area (Å²) in [6, 6.07) is 13.4. The van der Waals surface area contributed by atoms with Crippen LogP contribution < -0.4 is 14.8 Å². The largest absolute Gasteiger partial charge is 0.486 e. The molecule has 0 spiro atoms. The standard InChI is InChI=1S/C20H20N4O3S/c1-12-3-5-14(6-4-12)18-22-20(24-23-18)28-13(2)19(25)21-15-7-8-16-17(11-15)27-10-9-26-16/h3-8,11,13H,9-10H2,1-2H3,(H,21,25)(H,22,23,24)/t13-/m1/s1. The quantitative estimate of drug-likeness (QED) is 0.640. The van der Waals surface area contributed by atoms with E-state index in [1.807, 2.05) is 38.1 Å². The van der Waals surface area contributed by atoms with Gasteiger partial charge in [0.2, 0.25) is 11.1 Å². The van der Waals surface area contributed by atoms with Crippen molar-refractivity contribution in [2.24, 2.45) is 0 Å². The third-order valence-corrected chi connectivity index (χ3v) is 5.21. The first-order valence-corrected chi connectivity index (χ1v) is 9.83. The lowest BCUT2D eigenvalue weighted by molar-refractivity contribution is -0.115. The number of rotatable bonds is 5. The van der Waals surface area contributed by atoms with Crippen molar-refractivity contribution in [2.45, 2.75) is 24.3 Å². The van der Waals surface area contributed by atoms with Gasteiger partial charge in [0.25, 0.3) is 0 Å². The van der Waals surface area contributed by atoms with Crippen molar-refractivity contribution in [3.63, 3.8) is 0 Å². The molecule has 144 valence electrons. The minimum absolute atomic E-state index is 0.136. The fourth-order valence-corrected chi connectivity index (χ4v) is 3.44. The van der Waals surface area contributed by atoms with E-state index in [-0.39, 0.29) is 11.2 Å².